The molecule has 2 aromatic heterocycles. The molecule has 2 N–H and O–H groups in total. The van der Waals surface area contributed by atoms with E-state index in [0.717, 1.165) is 22.3 Å². The molecule has 7 nitrogen and oxygen atoms in total. The second-order valence-corrected chi connectivity index (χ2v) is 9.47. The third-order valence-electron chi connectivity index (χ3n) is 5.97. The predicted molar refractivity (Wildman–Crippen MR) is 145 cm³/mol. The minimum atomic E-state index is -0.783. The van der Waals surface area contributed by atoms with Crippen LogP contribution in [0.25, 0.3) is 26.3 Å². The van der Waals surface area contributed by atoms with Crippen LogP contribution >= 0.6 is 11.3 Å². The molecule has 192 valence electrons. The summed E-state index contributed by atoms with van der Waals surface area (Å²) in [6, 6.07) is 20.2. The van der Waals surface area contributed by atoms with Crippen molar-refractivity contribution in [3.05, 3.63) is 117 Å². The molecule has 2 heterocycles. The van der Waals surface area contributed by atoms with E-state index in [4.69, 9.17) is 0 Å². The van der Waals surface area contributed by atoms with Crippen molar-refractivity contribution in [2.24, 2.45) is 0 Å². The van der Waals surface area contributed by atoms with Gasteiger partial charge in [-0.05, 0) is 55.0 Å². The number of carbonyl (C=O) groups excluding carboxylic acids is 1. The van der Waals surface area contributed by atoms with Crippen LogP contribution < -0.4 is 21.9 Å². The van der Waals surface area contributed by atoms with Crippen molar-refractivity contribution < 1.29 is 13.6 Å². The van der Waals surface area contributed by atoms with Gasteiger partial charge in [-0.25, -0.2) is 22.9 Å². The summed E-state index contributed by atoms with van der Waals surface area (Å²) in [6.07, 6.45) is 0. The molecule has 0 spiro atoms. The maximum absolute atomic E-state index is 14.6. The molecule has 0 unspecified atom stereocenters. The fourth-order valence-corrected chi connectivity index (χ4v) is 5.28. The summed E-state index contributed by atoms with van der Waals surface area (Å²) in [7, 11) is 0. The van der Waals surface area contributed by atoms with Gasteiger partial charge in [0.15, 0.2) is 0 Å². The first-order valence-electron chi connectivity index (χ1n) is 11.8. The molecule has 0 bridgehead atoms. The Bertz CT molecular complexity index is 1740. The number of nitrogens with one attached hydrogen (secondary N) is 2. The Morgan fingerprint density at radius 1 is 0.921 bits per heavy atom. The normalized spacial score (nSPS) is 11.0. The molecule has 0 atom stereocenters. The van der Waals surface area contributed by atoms with Crippen molar-refractivity contribution in [3.8, 4) is 16.1 Å². The van der Waals surface area contributed by atoms with E-state index >= 15 is 0 Å². The van der Waals surface area contributed by atoms with Gasteiger partial charge in [0.05, 0.1) is 17.6 Å². The van der Waals surface area contributed by atoms with E-state index in [-0.39, 0.29) is 17.0 Å². The third kappa shape index (κ3) is 4.73. The lowest BCUT2D eigenvalue weighted by Gasteiger charge is -2.13. The minimum Gasteiger partial charge on any atom is -0.338 e. The van der Waals surface area contributed by atoms with Crippen molar-refractivity contribution in [1.82, 2.24) is 14.5 Å². The van der Waals surface area contributed by atoms with Gasteiger partial charge in [0.2, 0.25) is 0 Å². The van der Waals surface area contributed by atoms with Crippen LogP contribution in [-0.2, 0) is 6.54 Å². The molecule has 0 fully saturated rings. The number of anilines is 1. The molecular weight excluding hydrogens is 510 g/mol. The van der Waals surface area contributed by atoms with Crippen LogP contribution in [0.5, 0.6) is 0 Å². The topological polar surface area (TPSA) is 85.1 Å². The number of benzene rings is 3. The number of fused-ring (bicyclic) bond motifs is 1. The Hall–Kier alpha value is -4.57. The predicted octanol–water partition coefficient (Wildman–Crippen LogP) is 5.35. The Kier molecular flexibility index (Phi) is 6.89. The molecule has 0 aliphatic heterocycles. The number of thiophene rings is 1. The number of nitrogens with zero attached hydrogens (tertiary/aromatic N) is 2. The average molecular weight is 533 g/mol. The molecule has 0 aliphatic carbocycles. The fraction of sp³-hybridized carbons (Fsp3) is 0.107. The van der Waals surface area contributed by atoms with Crippen LogP contribution in [0.4, 0.5) is 19.3 Å². The first-order chi connectivity index (χ1) is 18.4. The Morgan fingerprint density at radius 3 is 2.26 bits per heavy atom. The molecule has 0 aliphatic rings. The standard InChI is InChI=1S/C28H22F2N4O3S/c1-2-31-27(36)32-18-13-11-17(12-14-18)24-15-20-25(35)34(19-7-4-3-5-8-19)28(37)33(26(20)38-24)16-21-22(29)9-6-10-23(21)30/h3-15H,2,16H2,1H3,(H2,31,32,36). The van der Waals surface area contributed by atoms with E-state index in [0.29, 0.717) is 27.6 Å². The van der Waals surface area contributed by atoms with Gasteiger partial charge in [0.1, 0.15) is 16.5 Å². The van der Waals surface area contributed by atoms with E-state index in [1.54, 1.807) is 60.7 Å². The Labute approximate surface area is 219 Å². The number of carbonyl (C=O) groups is 1. The second kappa shape index (κ2) is 10.4. The number of rotatable bonds is 6. The van der Waals surface area contributed by atoms with Gasteiger partial charge in [-0.3, -0.25) is 9.36 Å². The van der Waals surface area contributed by atoms with Gasteiger partial charge in [-0.15, -0.1) is 11.3 Å². The van der Waals surface area contributed by atoms with Crippen LogP contribution in [0.15, 0.2) is 88.5 Å². The van der Waals surface area contributed by atoms with Crippen LogP contribution in [0, 0.1) is 11.6 Å². The minimum absolute atomic E-state index is 0.245. The molecule has 5 rings (SSSR count). The molecule has 0 radical (unpaired) electrons. The molecule has 2 amide bonds. The number of amides is 2. The van der Waals surface area contributed by atoms with Gasteiger partial charge < -0.3 is 10.6 Å². The first-order valence-corrected chi connectivity index (χ1v) is 12.6. The maximum atomic E-state index is 14.6. The Balaban J connectivity index is 1.67. The highest BCUT2D eigenvalue weighted by molar-refractivity contribution is 7.21. The Morgan fingerprint density at radius 2 is 1.61 bits per heavy atom. The third-order valence-corrected chi connectivity index (χ3v) is 7.18. The monoisotopic (exact) mass is 532 g/mol. The quantitative estimate of drug-likeness (QED) is 0.309. The van der Waals surface area contributed by atoms with Crippen LogP contribution in [0.1, 0.15) is 12.5 Å². The number of aromatic nitrogens is 2. The zero-order valence-corrected chi connectivity index (χ0v) is 21.0. The summed E-state index contributed by atoms with van der Waals surface area (Å²) in [5, 5.41) is 5.62. The number of hydrogen-bond acceptors (Lipinski definition) is 4. The molecule has 3 aromatic carbocycles. The van der Waals surface area contributed by atoms with Crippen molar-refractivity contribution >= 4 is 33.3 Å². The number of halogens is 2. The zero-order chi connectivity index (χ0) is 26.8. The number of hydrogen-bond donors (Lipinski definition) is 2. The molecular formula is C28H22F2N4O3S. The van der Waals surface area contributed by atoms with Gasteiger partial charge in [0, 0.05) is 22.7 Å². The number of para-hydroxylation sites is 1. The smallest absolute Gasteiger partial charge is 0.337 e. The van der Waals surface area contributed by atoms with Crippen molar-refractivity contribution in [1.29, 1.82) is 0 Å². The van der Waals surface area contributed by atoms with Crippen molar-refractivity contribution in [2.45, 2.75) is 13.5 Å². The maximum Gasteiger partial charge on any atom is 0.337 e. The summed E-state index contributed by atoms with van der Waals surface area (Å²) < 4.78 is 31.4. The zero-order valence-electron chi connectivity index (χ0n) is 20.2. The van der Waals surface area contributed by atoms with Gasteiger partial charge in [0.25, 0.3) is 5.56 Å². The van der Waals surface area contributed by atoms with Crippen molar-refractivity contribution in [3.63, 3.8) is 0 Å². The molecule has 0 saturated heterocycles. The molecule has 10 heteroatoms. The highest BCUT2D eigenvalue weighted by Gasteiger charge is 2.20. The lowest BCUT2D eigenvalue weighted by atomic mass is 10.1. The average Bonchev–Trinajstić information content (AvgIpc) is 3.35. The van der Waals surface area contributed by atoms with Crippen molar-refractivity contribution in [2.75, 3.05) is 11.9 Å². The fourth-order valence-electron chi connectivity index (χ4n) is 4.13. The highest BCUT2D eigenvalue weighted by atomic mass is 32.1. The summed E-state index contributed by atoms with van der Waals surface area (Å²) in [4.78, 5) is 39.9. The van der Waals surface area contributed by atoms with Gasteiger partial charge in [-0.2, -0.15) is 0 Å². The lowest BCUT2D eigenvalue weighted by molar-refractivity contribution is 0.252. The highest BCUT2D eigenvalue weighted by Crippen LogP contribution is 2.33. The van der Waals surface area contributed by atoms with E-state index in [1.165, 1.54) is 22.0 Å². The van der Waals surface area contributed by atoms with E-state index in [9.17, 15) is 23.2 Å². The summed E-state index contributed by atoms with van der Waals surface area (Å²) in [5.41, 5.74) is 0.170. The largest absolute Gasteiger partial charge is 0.338 e. The summed E-state index contributed by atoms with van der Waals surface area (Å²) >= 11 is 1.17. The summed E-state index contributed by atoms with van der Waals surface area (Å²) in [5.74, 6) is -1.57. The van der Waals surface area contributed by atoms with Gasteiger partial charge in [-0.1, -0.05) is 36.4 Å². The lowest BCUT2D eigenvalue weighted by Crippen LogP contribution is -2.38. The molecule has 5 aromatic rings. The van der Waals surface area contributed by atoms with Crippen LogP contribution in [0.2, 0.25) is 0 Å². The van der Waals surface area contributed by atoms with Crippen LogP contribution in [-0.4, -0.2) is 21.7 Å². The SMILES string of the molecule is CCNC(=O)Nc1ccc(-c2cc3c(=O)n(-c4ccccc4)c(=O)n(Cc4c(F)cccc4F)c3s2)cc1. The second-order valence-electron chi connectivity index (χ2n) is 8.44. The van der Waals surface area contributed by atoms with Gasteiger partial charge >= 0.3 is 11.7 Å². The van der Waals surface area contributed by atoms with E-state index in [2.05, 4.69) is 10.6 Å². The van der Waals surface area contributed by atoms with Crippen LogP contribution in [0.3, 0.4) is 0 Å². The van der Waals surface area contributed by atoms with E-state index < -0.39 is 29.4 Å². The first kappa shape index (κ1) is 25.1. The number of urea groups is 1. The molecule has 38 heavy (non-hydrogen) atoms. The summed E-state index contributed by atoms with van der Waals surface area (Å²) in [6.45, 7) is 1.91. The molecule has 0 saturated carbocycles. The van der Waals surface area contributed by atoms with E-state index in [1.807, 2.05) is 6.92 Å².